The number of hydrogen-bond acceptors (Lipinski definition) is 6. The molecule has 0 spiro atoms. The molecule has 8 nitrogen and oxygen atoms in total. The van der Waals surface area contributed by atoms with Crippen LogP contribution in [0.15, 0.2) is 36.5 Å². The molecule has 2 heterocycles. The van der Waals surface area contributed by atoms with Crippen LogP contribution in [0.25, 0.3) is 0 Å². The Morgan fingerprint density at radius 3 is 2.63 bits per heavy atom. The first-order chi connectivity index (χ1) is 18.1. The number of amides is 2. The monoisotopic (exact) mass is 536 g/mol. The highest BCUT2D eigenvalue weighted by Crippen LogP contribution is 2.36. The number of pyridine rings is 1. The summed E-state index contributed by atoms with van der Waals surface area (Å²) >= 11 is 0. The summed E-state index contributed by atoms with van der Waals surface area (Å²) in [5, 5.41) is 8.44. The number of alkyl halides is 3. The van der Waals surface area contributed by atoms with Crippen LogP contribution in [-0.4, -0.2) is 36.6 Å². The minimum Gasteiger partial charge on any atom is -0.475 e. The third kappa shape index (κ3) is 8.42. The average Bonchev–Trinajstić information content (AvgIpc) is 2.88. The van der Waals surface area contributed by atoms with Crippen molar-refractivity contribution in [3.8, 4) is 5.88 Å². The number of nitrogens with one attached hydrogen (secondary N) is 3. The van der Waals surface area contributed by atoms with E-state index in [0.717, 1.165) is 18.9 Å². The van der Waals surface area contributed by atoms with Crippen molar-refractivity contribution in [1.29, 1.82) is 0 Å². The van der Waals surface area contributed by atoms with Crippen molar-refractivity contribution in [3.63, 3.8) is 0 Å². The second kappa shape index (κ2) is 13.6. The van der Waals surface area contributed by atoms with E-state index in [4.69, 9.17) is 9.47 Å². The van der Waals surface area contributed by atoms with Crippen molar-refractivity contribution >= 4 is 11.8 Å². The number of halogens is 3. The van der Waals surface area contributed by atoms with Crippen LogP contribution in [0.3, 0.4) is 0 Å². The smallest absolute Gasteiger partial charge is 0.416 e. The van der Waals surface area contributed by atoms with Crippen LogP contribution in [0.1, 0.15) is 74.5 Å². The lowest BCUT2D eigenvalue weighted by atomic mass is 9.96. The van der Waals surface area contributed by atoms with E-state index in [1.165, 1.54) is 12.1 Å². The Labute approximate surface area is 220 Å². The largest absolute Gasteiger partial charge is 0.475 e. The Hall–Kier alpha value is -3.18. The quantitative estimate of drug-likeness (QED) is 0.347. The molecule has 1 aromatic carbocycles. The fourth-order valence-corrected chi connectivity index (χ4v) is 3.94. The Morgan fingerprint density at radius 1 is 1.18 bits per heavy atom. The van der Waals surface area contributed by atoms with Gasteiger partial charge in [-0.1, -0.05) is 39.3 Å². The van der Waals surface area contributed by atoms with Gasteiger partial charge in [0.1, 0.15) is 12.8 Å². The molecule has 208 valence electrons. The molecule has 2 atom stereocenters. The summed E-state index contributed by atoms with van der Waals surface area (Å²) in [6.07, 6.45) is -2.10. The molecule has 2 aromatic rings. The van der Waals surface area contributed by atoms with Gasteiger partial charge in [0.2, 0.25) is 17.7 Å². The van der Waals surface area contributed by atoms with Crippen LogP contribution in [-0.2, 0) is 27.0 Å². The fourth-order valence-electron chi connectivity index (χ4n) is 3.94. The third-order valence-corrected chi connectivity index (χ3v) is 6.07. The van der Waals surface area contributed by atoms with Crippen molar-refractivity contribution in [3.05, 3.63) is 58.8 Å². The Morgan fingerprint density at radius 2 is 1.97 bits per heavy atom. The van der Waals surface area contributed by atoms with Gasteiger partial charge < -0.3 is 20.1 Å². The van der Waals surface area contributed by atoms with Gasteiger partial charge in [-0.05, 0) is 29.7 Å². The molecule has 3 rings (SSSR count). The molecule has 2 amide bonds. The maximum atomic E-state index is 13.9. The van der Waals surface area contributed by atoms with E-state index in [1.54, 1.807) is 32.2 Å². The number of aromatic nitrogens is 1. The van der Waals surface area contributed by atoms with Crippen LogP contribution < -0.4 is 20.7 Å². The molecule has 11 heteroatoms. The molecule has 3 N–H and O–H groups in total. The number of ether oxygens (including phenoxy) is 2. The fraction of sp³-hybridized carbons (Fsp3) is 0.519. The molecule has 2 unspecified atom stereocenters. The zero-order chi connectivity index (χ0) is 27.7. The predicted molar refractivity (Wildman–Crippen MR) is 135 cm³/mol. The summed E-state index contributed by atoms with van der Waals surface area (Å²) in [5.74, 6) is -0.469. The van der Waals surface area contributed by atoms with Gasteiger partial charge in [0.15, 0.2) is 0 Å². The normalized spacial score (nSPS) is 17.8. The highest BCUT2D eigenvalue weighted by atomic mass is 19.4. The number of carbonyl (C=O) groups excluding carboxylic acids is 2. The highest BCUT2D eigenvalue weighted by Gasteiger charge is 2.38. The van der Waals surface area contributed by atoms with Gasteiger partial charge >= 0.3 is 6.18 Å². The molecule has 1 aromatic heterocycles. The van der Waals surface area contributed by atoms with E-state index >= 15 is 0 Å². The van der Waals surface area contributed by atoms with E-state index in [0.29, 0.717) is 36.8 Å². The minimum absolute atomic E-state index is 0.0368. The standard InChI is InChI=1S/C27H35F3N4O4/c1-4-5-10-37-11-12-38-24-9-7-19(16-31-24)22-14-23(35)34-25(33-22)20-13-18(15-32-26(36)17(2)3)6-8-21(20)27(28,29)30/h6-9,13,16-17,22,25,33H,4-5,10-12,14-15H2,1-3H3,(H,32,36)(H,34,35). The van der Waals surface area contributed by atoms with Crippen molar-refractivity contribution in [2.45, 2.75) is 65.0 Å². The van der Waals surface area contributed by atoms with Gasteiger partial charge in [-0.2, -0.15) is 13.2 Å². The zero-order valence-electron chi connectivity index (χ0n) is 21.9. The molecule has 0 radical (unpaired) electrons. The number of hydrogen-bond donors (Lipinski definition) is 3. The molecule has 0 saturated carbocycles. The maximum Gasteiger partial charge on any atom is 0.416 e. The van der Waals surface area contributed by atoms with E-state index < -0.39 is 29.9 Å². The number of unbranched alkanes of at least 4 members (excludes halogenated alkanes) is 1. The first-order valence-corrected chi connectivity index (χ1v) is 12.8. The van der Waals surface area contributed by atoms with Crippen LogP contribution in [0.5, 0.6) is 5.88 Å². The lowest BCUT2D eigenvalue weighted by Crippen LogP contribution is -2.47. The van der Waals surface area contributed by atoms with E-state index in [-0.39, 0.29) is 30.4 Å². The minimum atomic E-state index is -4.63. The average molecular weight is 537 g/mol. The number of benzene rings is 1. The van der Waals surface area contributed by atoms with E-state index in [2.05, 4.69) is 27.9 Å². The molecule has 38 heavy (non-hydrogen) atoms. The van der Waals surface area contributed by atoms with Gasteiger partial charge in [0.25, 0.3) is 0 Å². The molecule has 0 aliphatic carbocycles. The summed E-state index contributed by atoms with van der Waals surface area (Å²) in [6, 6.07) is 6.50. The summed E-state index contributed by atoms with van der Waals surface area (Å²) in [6.45, 7) is 7.07. The Bertz CT molecular complexity index is 1080. The molecule has 0 bridgehead atoms. The topological polar surface area (TPSA) is 102 Å². The van der Waals surface area contributed by atoms with Gasteiger partial charge in [0.05, 0.1) is 12.2 Å². The molecule has 1 aliphatic rings. The zero-order valence-corrected chi connectivity index (χ0v) is 21.9. The molecular formula is C27H35F3N4O4. The van der Waals surface area contributed by atoms with Crippen molar-refractivity contribution in [2.24, 2.45) is 5.92 Å². The summed E-state index contributed by atoms with van der Waals surface area (Å²) in [7, 11) is 0. The second-order valence-electron chi connectivity index (χ2n) is 9.46. The SMILES string of the molecule is CCCCOCCOc1ccc(C2CC(=O)NC(c3cc(CNC(=O)C(C)C)ccc3C(F)(F)F)N2)cn1. The Balaban J connectivity index is 1.73. The Kier molecular flexibility index (Phi) is 10.5. The van der Waals surface area contributed by atoms with Crippen molar-refractivity contribution in [2.75, 3.05) is 19.8 Å². The number of carbonyl (C=O) groups is 2. The van der Waals surface area contributed by atoms with Crippen LogP contribution in [0, 0.1) is 5.92 Å². The second-order valence-corrected chi connectivity index (χ2v) is 9.46. The summed E-state index contributed by atoms with van der Waals surface area (Å²) in [4.78, 5) is 28.7. The lowest BCUT2D eigenvalue weighted by Gasteiger charge is -2.33. The van der Waals surface area contributed by atoms with Crippen molar-refractivity contribution in [1.82, 2.24) is 20.9 Å². The van der Waals surface area contributed by atoms with E-state index in [1.807, 2.05) is 0 Å². The number of nitrogens with zero attached hydrogens (tertiary/aromatic N) is 1. The lowest BCUT2D eigenvalue weighted by molar-refractivity contribution is -0.139. The predicted octanol–water partition coefficient (Wildman–Crippen LogP) is 4.42. The molecular weight excluding hydrogens is 501 g/mol. The summed E-state index contributed by atoms with van der Waals surface area (Å²) in [5.41, 5.74) is 0.146. The van der Waals surface area contributed by atoms with Gasteiger partial charge in [0, 0.05) is 49.4 Å². The molecule has 1 saturated heterocycles. The highest BCUT2D eigenvalue weighted by molar-refractivity contribution is 5.78. The third-order valence-electron chi connectivity index (χ3n) is 6.07. The van der Waals surface area contributed by atoms with Crippen LogP contribution in [0.2, 0.25) is 0 Å². The van der Waals surface area contributed by atoms with Crippen molar-refractivity contribution < 1.29 is 32.2 Å². The first kappa shape index (κ1) is 29.4. The molecule has 1 fully saturated rings. The molecule has 1 aliphatic heterocycles. The number of rotatable bonds is 12. The van der Waals surface area contributed by atoms with Gasteiger partial charge in [-0.25, -0.2) is 4.98 Å². The van der Waals surface area contributed by atoms with Gasteiger partial charge in [-0.15, -0.1) is 0 Å². The summed E-state index contributed by atoms with van der Waals surface area (Å²) < 4.78 is 52.6. The maximum absolute atomic E-state index is 13.9. The van der Waals surface area contributed by atoms with E-state index in [9.17, 15) is 22.8 Å². The first-order valence-electron chi connectivity index (χ1n) is 12.8. The van der Waals surface area contributed by atoms with Crippen LogP contribution in [0.4, 0.5) is 13.2 Å². The van der Waals surface area contributed by atoms with Gasteiger partial charge in [-0.3, -0.25) is 14.9 Å². The van der Waals surface area contributed by atoms with Crippen LogP contribution >= 0.6 is 0 Å².